The quantitative estimate of drug-likeness (QED) is 0.690. The molecule has 0 atom stereocenters. The summed E-state index contributed by atoms with van der Waals surface area (Å²) in [6.07, 6.45) is 0. The smallest absolute Gasteiger partial charge is 0.210 e. The van der Waals surface area contributed by atoms with Crippen molar-refractivity contribution in [2.75, 3.05) is 0 Å². The van der Waals surface area contributed by atoms with Gasteiger partial charge in [0.05, 0.1) is 5.88 Å². The Labute approximate surface area is 73.6 Å². The monoisotopic (exact) mass is 183 g/mol. The molecule has 0 unspecified atom stereocenters. The molecule has 0 aliphatic rings. The maximum Gasteiger partial charge on any atom is 0.210 e. The molecule has 62 valence electrons. The van der Waals surface area contributed by atoms with E-state index in [1.807, 2.05) is 0 Å². The fourth-order valence-corrected chi connectivity index (χ4v) is 1.15. The van der Waals surface area contributed by atoms with E-state index in [2.05, 4.69) is 4.98 Å². The lowest BCUT2D eigenvalue weighted by atomic mass is 10.3. The van der Waals surface area contributed by atoms with Crippen LogP contribution in [0.2, 0.25) is 0 Å². The minimum Gasteiger partial charge on any atom is -0.504 e. The van der Waals surface area contributed by atoms with Crippen molar-refractivity contribution in [2.45, 2.75) is 5.88 Å². The normalized spacial score (nSPS) is 10.8. The van der Waals surface area contributed by atoms with Crippen LogP contribution < -0.4 is 0 Å². The lowest BCUT2D eigenvalue weighted by Crippen LogP contribution is -1.72. The molecule has 0 radical (unpaired) electrons. The molecule has 0 saturated carbocycles. The number of nitrogens with zero attached hydrogens (tertiary/aromatic N) is 1. The predicted molar refractivity (Wildman–Crippen MR) is 45.2 cm³/mol. The zero-order valence-electron chi connectivity index (χ0n) is 6.12. The summed E-state index contributed by atoms with van der Waals surface area (Å²) in [6.45, 7) is 0. The largest absolute Gasteiger partial charge is 0.504 e. The van der Waals surface area contributed by atoms with Gasteiger partial charge in [-0.1, -0.05) is 6.07 Å². The minimum absolute atomic E-state index is 0.0939. The first-order chi connectivity index (χ1) is 5.81. The van der Waals surface area contributed by atoms with Crippen molar-refractivity contribution in [3.8, 4) is 5.75 Å². The van der Waals surface area contributed by atoms with Crippen LogP contribution in [0.4, 0.5) is 0 Å². The van der Waals surface area contributed by atoms with Crippen molar-refractivity contribution in [2.24, 2.45) is 0 Å². The van der Waals surface area contributed by atoms with Gasteiger partial charge in [0.2, 0.25) is 5.89 Å². The van der Waals surface area contributed by atoms with E-state index in [1.54, 1.807) is 18.2 Å². The van der Waals surface area contributed by atoms with Crippen molar-refractivity contribution in [3.63, 3.8) is 0 Å². The summed E-state index contributed by atoms with van der Waals surface area (Å²) < 4.78 is 5.15. The molecule has 2 rings (SSSR count). The molecule has 1 aromatic heterocycles. The molecular formula is C8H6ClNO2. The van der Waals surface area contributed by atoms with Crippen molar-refractivity contribution < 1.29 is 9.52 Å². The number of aromatic hydroxyl groups is 1. The first kappa shape index (κ1) is 7.43. The second-order valence-electron chi connectivity index (χ2n) is 2.37. The second kappa shape index (κ2) is 2.68. The van der Waals surface area contributed by atoms with E-state index in [9.17, 15) is 5.11 Å². The molecule has 1 aromatic carbocycles. The van der Waals surface area contributed by atoms with Gasteiger partial charge in [0.1, 0.15) is 5.52 Å². The Bertz CT molecular complexity index is 410. The van der Waals surface area contributed by atoms with E-state index >= 15 is 0 Å². The van der Waals surface area contributed by atoms with E-state index in [-0.39, 0.29) is 11.6 Å². The molecule has 0 saturated heterocycles. The van der Waals surface area contributed by atoms with Gasteiger partial charge in [0.25, 0.3) is 0 Å². The third-order valence-electron chi connectivity index (χ3n) is 1.55. The minimum atomic E-state index is 0.0939. The number of hydrogen-bond acceptors (Lipinski definition) is 3. The number of oxazole rings is 1. The summed E-state index contributed by atoms with van der Waals surface area (Å²) in [4.78, 5) is 4.03. The molecule has 0 spiro atoms. The number of hydrogen-bond donors (Lipinski definition) is 1. The molecular weight excluding hydrogens is 178 g/mol. The summed E-state index contributed by atoms with van der Waals surface area (Å²) in [5, 5.41) is 9.30. The number of fused-ring (bicyclic) bond motifs is 1. The van der Waals surface area contributed by atoms with Crippen LogP contribution in [0.5, 0.6) is 5.75 Å². The van der Waals surface area contributed by atoms with Crippen LogP contribution in [0.15, 0.2) is 22.6 Å². The third-order valence-corrected chi connectivity index (χ3v) is 1.78. The molecule has 0 amide bonds. The first-order valence-electron chi connectivity index (χ1n) is 3.44. The van der Waals surface area contributed by atoms with E-state index < -0.39 is 0 Å². The van der Waals surface area contributed by atoms with Gasteiger partial charge in [-0.25, -0.2) is 4.98 Å². The van der Waals surface area contributed by atoms with Crippen LogP contribution >= 0.6 is 11.6 Å². The molecule has 3 nitrogen and oxygen atoms in total. The Morgan fingerprint density at radius 1 is 1.50 bits per heavy atom. The number of para-hydroxylation sites is 1. The standard InChI is InChI=1S/C8H6ClNO2/c9-4-7-10-5-2-1-3-6(11)8(5)12-7/h1-3,11H,4H2. The predicted octanol–water partition coefficient (Wildman–Crippen LogP) is 2.27. The van der Waals surface area contributed by atoms with Crippen molar-refractivity contribution in [3.05, 3.63) is 24.1 Å². The van der Waals surface area contributed by atoms with Gasteiger partial charge >= 0.3 is 0 Å². The van der Waals surface area contributed by atoms with E-state index in [1.165, 1.54) is 0 Å². The molecule has 0 bridgehead atoms. The average Bonchev–Trinajstić information content (AvgIpc) is 2.49. The first-order valence-corrected chi connectivity index (χ1v) is 3.98. The molecule has 4 heteroatoms. The molecule has 1 heterocycles. The zero-order chi connectivity index (χ0) is 8.55. The summed E-state index contributed by atoms with van der Waals surface area (Å²) in [5.74, 6) is 0.734. The number of benzene rings is 1. The third kappa shape index (κ3) is 1.02. The molecule has 12 heavy (non-hydrogen) atoms. The Morgan fingerprint density at radius 2 is 2.33 bits per heavy atom. The van der Waals surface area contributed by atoms with Gasteiger partial charge < -0.3 is 9.52 Å². The summed E-state index contributed by atoms with van der Waals surface area (Å²) in [7, 11) is 0. The lowest BCUT2D eigenvalue weighted by Gasteiger charge is -1.88. The Balaban J connectivity index is 2.74. The van der Waals surface area contributed by atoms with Crippen LogP contribution in [0.25, 0.3) is 11.1 Å². The van der Waals surface area contributed by atoms with Gasteiger partial charge in [-0.05, 0) is 12.1 Å². The molecule has 0 aliphatic heterocycles. The van der Waals surface area contributed by atoms with Crippen LogP contribution in [-0.4, -0.2) is 10.1 Å². The average molecular weight is 184 g/mol. The number of phenolic OH excluding ortho intramolecular Hbond substituents is 1. The van der Waals surface area contributed by atoms with E-state index in [4.69, 9.17) is 16.0 Å². The second-order valence-corrected chi connectivity index (χ2v) is 2.63. The summed E-state index contributed by atoms with van der Waals surface area (Å²) >= 11 is 5.51. The fourth-order valence-electron chi connectivity index (χ4n) is 1.04. The molecule has 2 aromatic rings. The Morgan fingerprint density at radius 3 is 3.00 bits per heavy atom. The summed E-state index contributed by atoms with van der Waals surface area (Å²) in [6, 6.07) is 5.01. The van der Waals surface area contributed by atoms with Gasteiger partial charge in [-0.2, -0.15) is 0 Å². The SMILES string of the molecule is Oc1cccc2nc(CCl)oc12. The maximum atomic E-state index is 9.30. The van der Waals surface area contributed by atoms with Crippen LogP contribution in [0.3, 0.4) is 0 Å². The van der Waals surface area contributed by atoms with Gasteiger partial charge in [0, 0.05) is 0 Å². The van der Waals surface area contributed by atoms with Crippen LogP contribution in [0.1, 0.15) is 5.89 Å². The van der Waals surface area contributed by atoms with E-state index in [0.717, 1.165) is 0 Å². The Kier molecular flexibility index (Phi) is 1.66. The fraction of sp³-hybridized carbons (Fsp3) is 0.125. The number of halogens is 1. The van der Waals surface area contributed by atoms with Gasteiger partial charge in [0.15, 0.2) is 11.3 Å². The molecule has 1 N–H and O–H groups in total. The Hall–Kier alpha value is -1.22. The van der Waals surface area contributed by atoms with Crippen LogP contribution in [0, 0.1) is 0 Å². The topological polar surface area (TPSA) is 46.3 Å². The number of rotatable bonds is 1. The molecule has 0 fully saturated rings. The van der Waals surface area contributed by atoms with Crippen molar-refractivity contribution in [1.82, 2.24) is 4.98 Å². The van der Waals surface area contributed by atoms with Gasteiger partial charge in [-0.15, -0.1) is 11.6 Å². The maximum absolute atomic E-state index is 9.30. The zero-order valence-corrected chi connectivity index (χ0v) is 6.88. The van der Waals surface area contributed by atoms with E-state index in [0.29, 0.717) is 17.0 Å². The molecule has 0 aliphatic carbocycles. The highest BCUT2D eigenvalue weighted by Gasteiger charge is 2.07. The summed E-state index contributed by atoms with van der Waals surface area (Å²) in [5.41, 5.74) is 1.03. The number of aromatic nitrogens is 1. The van der Waals surface area contributed by atoms with Crippen molar-refractivity contribution >= 4 is 22.7 Å². The highest BCUT2D eigenvalue weighted by atomic mass is 35.5. The van der Waals surface area contributed by atoms with Gasteiger partial charge in [-0.3, -0.25) is 0 Å². The number of phenols is 1. The lowest BCUT2D eigenvalue weighted by molar-refractivity contribution is 0.459. The highest BCUT2D eigenvalue weighted by molar-refractivity contribution is 6.16. The number of alkyl halides is 1. The van der Waals surface area contributed by atoms with Crippen LogP contribution in [-0.2, 0) is 5.88 Å². The van der Waals surface area contributed by atoms with Crippen molar-refractivity contribution in [1.29, 1.82) is 0 Å². The highest BCUT2D eigenvalue weighted by Crippen LogP contribution is 2.25.